The van der Waals surface area contributed by atoms with Crippen molar-refractivity contribution in [3.63, 3.8) is 0 Å². The van der Waals surface area contributed by atoms with Crippen LogP contribution in [0, 0.1) is 0 Å². The van der Waals surface area contributed by atoms with Crippen LogP contribution in [0.5, 0.6) is 0 Å². The maximum Gasteiger partial charge on any atom is 0.390 e. The van der Waals surface area contributed by atoms with E-state index in [-0.39, 0.29) is 6.42 Å². The van der Waals surface area contributed by atoms with Gasteiger partial charge >= 0.3 is 6.18 Å². The van der Waals surface area contributed by atoms with Crippen LogP contribution in [0.3, 0.4) is 0 Å². The Morgan fingerprint density at radius 2 is 2.12 bits per heavy atom. The number of hydrogen-bond donors (Lipinski definition) is 1. The van der Waals surface area contributed by atoms with E-state index in [0.717, 1.165) is 6.42 Å². The summed E-state index contributed by atoms with van der Waals surface area (Å²) in [5, 5.41) is 14.0. The van der Waals surface area contributed by atoms with Gasteiger partial charge in [-0.05, 0) is 18.2 Å². The van der Waals surface area contributed by atoms with Gasteiger partial charge in [0.25, 0.3) is 0 Å². The van der Waals surface area contributed by atoms with Gasteiger partial charge in [-0.25, -0.2) is 0 Å². The quantitative estimate of drug-likeness (QED) is 0.821. The minimum atomic E-state index is -4.19. The molecule has 0 aliphatic rings. The summed E-state index contributed by atoms with van der Waals surface area (Å²) in [7, 11) is 1.58. The normalized spacial score (nSPS) is 13.9. The summed E-state index contributed by atoms with van der Waals surface area (Å²) in [4.78, 5) is 1.24. The van der Waals surface area contributed by atoms with Crippen molar-refractivity contribution in [2.75, 3.05) is 6.54 Å². The Morgan fingerprint density at radius 3 is 2.59 bits per heavy atom. The number of halogens is 3. The fourth-order valence-electron chi connectivity index (χ4n) is 1.47. The van der Waals surface area contributed by atoms with Crippen LogP contribution in [0.15, 0.2) is 0 Å². The average molecular weight is 251 g/mol. The fraction of sp³-hybridized carbons (Fsp3) is 0.889. The molecule has 0 bridgehead atoms. The first-order chi connectivity index (χ1) is 7.90. The van der Waals surface area contributed by atoms with E-state index < -0.39 is 18.6 Å². The van der Waals surface area contributed by atoms with Crippen LogP contribution in [-0.2, 0) is 13.5 Å². The predicted octanol–water partition coefficient (Wildman–Crippen LogP) is 1.07. The van der Waals surface area contributed by atoms with Crippen molar-refractivity contribution in [2.24, 2.45) is 7.05 Å². The third-order valence-electron chi connectivity index (χ3n) is 2.14. The summed E-state index contributed by atoms with van der Waals surface area (Å²) in [6, 6.07) is -0.695. The molecule has 5 nitrogen and oxygen atoms in total. The molecule has 0 aromatic carbocycles. The van der Waals surface area contributed by atoms with Crippen molar-refractivity contribution in [1.82, 2.24) is 25.5 Å². The smallest absolute Gasteiger partial charge is 0.313 e. The second kappa shape index (κ2) is 5.95. The van der Waals surface area contributed by atoms with Gasteiger partial charge < -0.3 is 5.32 Å². The number of rotatable bonds is 6. The molecule has 1 atom stereocenters. The Labute approximate surface area is 97.4 Å². The van der Waals surface area contributed by atoms with Gasteiger partial charge in [0.05, 0.1) is 13.5 Å². The number of aromatic nitrogens is 4. The van der Waals surface area contributed by atoms with Crippen molar-refractivity contribution in [3.8, 4) is 0 Å². The maximum atomic E-state index is 12.3. The summed E-state index contributed by atoms with van der Waals surface area (Å²) in [5.74, 6) is 0.324. The second-order valence-corrected chi connectivity index (χ2v) is 3.87. The van der Waals surface area contributed by atoms with Crippen LogP contribution < -0.4 is 5.32 Å². The third kappa shape index (κ3) is 5.62. The molecule has 1 aromatic heterocycles. The number of alkyl halides is 3. The van der Waals surface area contributed by atoms with Crippen molar-refractivity contribution in [1.29, 1.82) is 0 Å². The van der Waals surface area contributed by atoms with Gasteiger partial charge in [-0.15, -0.1) is 10.2 Å². The van der Waals surface area contributed by atoms with Crippen LogP contribution in [0.2, 0.25) is 0 Å². The molecule has 1 unspecified atom stereocenters. The molecule has 0 fully saturated rings. The molecule has 1 aromatic rings. The summed E-state index contributed by atoms with van der Waals surface area (Å²) in [6.07, 6.45) is -4.16. The van der Waals surface area contributed by atoms with Gasteiger partial charge in [0.1, 0.15) is 0 Å². The first-order valence-electron chi connectivity index (χ1n) is 5.43. The van der Waals surface area contributed by atoms with Gasteiger partial charge in [-0.2, -0.15) is 18.0 Å². The fourth-order valence-corrected chi connectivity index (χ4v) is 1.47. The number of aryl methyl sites for hydroxylation is 1. The highest BCUT2D eigenvalue weighted by Crippen LogP contribution is 2.22. The monoisotopic (exact) mass is 251 g/mol. The molecular weight excluding hydrogens is 235 g/mol. The van der Waals surface area contributed by atoms with E-state index in [1.807, 2.05) is 6.92 Å². The lowest BCUT2D eigenvalue weighted by Crippen LogP contribution is -2.36. The molecule has 1 rings (SSSR count). The Bertz CT molecular complexity index is 336. The highest BCUT2D eigenvalue weighted by molar-refractivity contribution is 4.85. The second-order valence-electron chi connectivity index (χ2n) is 3.87. The Balaban J connectivity index is 2.56. The molecule has 0 aliphatic carbocycles. The van der Waals surface area contributed by atoms with Crippen LogP contribution in [-0.4, -0.2) is 39.0 Å². The molecule has 0 saturated carbocycles. The van der Waals surface area contributed by atoms with E-state index in [9.17, 15) is 13.2 Å². The van der Waals surface area contributed by atoms with Crippen molar-refractivity contribution in [3.05, 3.63) is 5.82 Å². The first kappa shape index (κ1) is 13.9. The highest BCUT2D eigenvalue weighted by Gasteiger charge is 2.32. The third-order valence-corrected chi connectivity index (χ3v) is 2.14. The predicted molar refractivity (Wildman–Crippen MR) is 55.3 cm³/mol. The number of nitrogens with zero attached hydrogens (tertiary/aromatic N) is 4. The lowest BCUT2D eigenvalue weighted by molar-refractivity contribution is -0.140. The summed E-state index contributed by atoms with van der Waals surface area (Å²) in [5.41, 5.74) is 0. The number of nitrogens with one attached hydrogen (secondary N) is 1. The molecule has 0 spiro atoms. The highest BCUT2D eigenvalue weighted by atomic mass is 19.4. The van der Waals surface area contributed by atoms with E-state index in [4.69, 9.17) is 0 Å². The minimum Gasteiger partial charge on any atom is -0.313 e. The molecule has 1 heterocycles. The van der Waals surface area contributed by atoms with Crippen LogP contribution >= 0.6 is 0 Å². The molecule has 0 aliphatic heterocycles. The lowest BCUT2D eigenvalue weighted by atomic mass is 10.1. The number of tetrazole rings is 1. The summed E-state index contributed by atoms with van der Waals surface area (Å²) >= 11 is 0. The number of hydrogen-bond acceptors (Lipinski definition) is 4. The molecule has 0 radical (unpaired) electrons. The van der Waals surface area contributed by atoms with Gasteiger partial charge in [-0.1, -0.05) is 6.92 Å². The van der Waals surface area contributed by atoms with E-state index in [1.54, 1.807) is 7.05 Å². The standard InChI is InChI=1S/C9H16F3N5/c1-3-4-13-7(6-9(10,11)12)5-8-14-16-17(2)15-8/h7,13H,3-6H2,1-2H3. The molecule has 1 N–H and O–H groups in total. The largest absolute Gasteiger partial charge is 0.390 e. The zero-order valence-electron chi connectivity index (χ0n) is 9.83. The molecular formula is C9H16F3N5. The molecule has 0 amide bonds. The molecule has 0 saturated heterocycles. The molecule has 98 valence electrons. The van der Waals surface area contributed by atoms with Crippen LogP contribution in [0.25, 0.3) is 0 Å². The zero-order chi connectivity index (χ0) is 12.9. The Morgan fingerprint density at radius 1 is 1.41 bits per heavy atom. The van der Waals surface area contributed by atoms with E-state index in [0.29, 0.717) is 12.4 Å². The van der Waals surface area contributed by atoms with Crippen molar-refractivity contribution < 1.29 is 13.2 Å². The Kier molecular flexibility index (Phi) is 4.86. The van der Waals surface area contributed by atoms with Gasteiger partial charge in [0.2, 0.25) is 0 Å². The average Bonchev–Trinajstić information content (AvgIpc) is 2.58. The minimum absolute atomic E-state index is 0.132. The van der Waals surface area contributed by atoms with Crippen LogP contribution in [0.1, 0.15) is 25.6 Å². The topological polar surface area (TPSA) is 55.6 Å². The summed E-state index contributed by atoms with van der Waals surface area (Å²) in [6.45, 7) is 2.44. The van der Waals surface area contributed by atoms with Gasteiger partial charge in [0, 0.05) is 12.5 Å². The van der Waals surface area contributed by atoms with Crippen molar-refractivity contribution in [2.45, 2.75) is 38.4 Å². The lowest BCUT2D eigenvalue weighted by Gasteiger charge is -2.18. The SMILES string of the molecule is CCCNC(Cc1nnn(C)n1)CC(F)(F)F. The van der Waals surface area contributed by atoms with Gasteiger partial charge in [0.15, 0.2) is 5.82 Å². The first-order valence-corrected chi connectivity index (χ1v) is 5.43. The zero-order valence-corrected chi connectivity index (χ0v) is 9.83. The van der Waals surface area contributed by atoms with E-state index >= 15 is 0 Å². The van der Waals surface area contributed by atoms with E-state index in [2.05, 4.69) is 20.7 Å². The molecule has 17 heavy (non-hydrogen) atoms. The maximum absolute atomic E-state index is 12.3. The van der Waals surface area contributed by atoms with Gasteiger partial charge in [-0.3, -0.25) is 0 Å². The Hall–Kier alpha value is -1.18. The van der Waals surface area contributed by atoms with Crippen molar-refractivity contribution >= 4 is 0 Å². The van der Waals surface area contributed by atoms with E-state index in [1.165, 1.54) is 4.80 Å². The molecule has 8 heteroatoms. The summed E-state index contributed by atoms with van der Waals surface area (Å²) < 4.78 is 37.0. The van der Waals surface area contributed by atoms with Crippen LogP contribution in [0.4, 0.5) is 13.2 Å².